The van der Waals surface area contributed by atoms with Gasteiger partial charge in [-0.05, 0) is 51.3 Å². The van der Waals surface area contributed by atoms with Gasteiger partial charge >= 0.3 is 6.18 Å². The number of benzene rings is 1. The number of alkyl halides is 3. The van der Waals surface area contributed by atoms with E-state index in [0.717, 1.165) is 25.0 Å². The molecule has 0 spiro atoms. The highest BCUT2D eigenvalue weighted by Crippen LogP contribution is 2.42. The third-order valence-corrected chi connectivity index (χ3v) is 5.47. The van der Waals surface area contributed by atoms with E-state index in [-0.39, 0.29) is 11.1 Å². The van der Waals surface area contributed by atoms with Gasteiger partial charge in [-0.15, -0.1) is 0 Å². The Kier molecular flexibility index (Phi) is 4.40. The van der Waals surface area contributed by atoms with Crippen molar-refractivity contribution in [1.82, 2.24) is 14.5 Å². The van der Waals surface area contributed by atoms with Gasteiger partial charge in [-0.3, -0.25) is 4.79 Å². The summed E-state index contributed by atoms with van der Waals surface area (Å²) in [5.41, 5.74) is 0.00361. The van der Waals surface area contributed by atoms with Crippen LogP contribution in [0.15, 0.2) is 41.3 Å². The van der Waals surface area contributed by atoms with Gasteiger partial charge in [-0.2, -0.15) is 13.2 Å². The molecule has 1 aliphatic rings. The molecule has 1 N–H and O–H groups in total. The molecule has 1 saturated carbocycles. The molecule has 2 heterocycles. The zero-order valence-corrected chi connectivity index (χ0v) is 16.3. The molecule has 1 aromatic carbocycles. The zero-order chi connectivity index (χ0) is 21.0. The second kappa shape index (κ2) is 6.57. The summed E-state index contributed by atoms with van der Waals surface area (Å²) in [6.07, 6.45) is -0.794. The molecular weight excluding hydrogens is 381 g/mol. The van der Waals surface area contributed by atoms with Crippen molar-refractivity contribution in [3.8, 4) is 0 Å². The number of aromatic nitrogens is 3. The number of nitrogens with one attached hydrogen (secondary N) is 1. The fraction of sp³-hybridized carbons (Fsp3) is 0.381. The topological polar surface area (TPSA) is 59.8 Å². The number of nitrogens with zero attached hydrogens (tertiary/aromatic N) is 3. The highest BCUT2D eigenvalue weighted by atomic mass is 19.4. The Hall–Kier alpha value is -2.90. The summed E-state index contributed by atoms with van der Waals surface area (Å²) in [6.45, 7) is 5.51. The van der Waals surface area contributed by atoms with Crippen molar-refractivity contribution in [2.45, 2.75) is 51.4 Å². The van der Waals surface area contributed by atoms with E-state index in [4.69, 9.17) is 0 Å². The largest absolute Gasteiger partial charge is 0.416 e. The molecule has 0 radical (unpaired) electrons. The van der Waals surface area contributed by atoms with Crippen LogP contribution >= 0.6 is 0 Å². The molecule has 0 bridgehead atoms. The lowest BCUT2D eigenvalue weighted by atomic mass is 10.0. The predicted octanol–water partition coefficient (Wildman–Crippen LogP) is 4.80. The van der Waals surface area contributed by atoms with Crippen LogP contribution in [0.2, 0.25) is 0 Å². The smallest absolute Gasteiger partial charge is 0.363 e. The minimum absolute atomic E-state index is 0.118. The van der Waals surface area contributed by atoms with Crippen molar-refractivity contribution in [1.29, 1.82) is 0 Å². The second-order valence-electron chi connectivity index (χ2n) is 7.89. The van der Waals surface area contributed by atoms with Gasteiger partial charge < -0.3 is 9.88 Å². The van der Waals surface area contributed by atoms with E-state index in [1.54, 1.807) is 30.7 Å². The molecule has 1 atom stereocenters. The maximum absolute atomic E-state index is 13.0. The van der Waals surface area contributed by atoms with Gasteiger partial charge in [0, 0.05) is 23.8 Å². The van der Waals surface area contributed by atoms with Crippen LogP contribution in [0.1, 0.15) is 49.7 Å². The molecule has 2 aromatic heterocycles. The molecule has 0 unspecified atom stereocenters. The van der Waals surface area contributed by atoms with E-state index in [9.17, 15) is 18.0 Å². The molecule has 0 aliphatic heterocycles. The molecule has 0 saturated heterocycles. The Bertz CT molecular complexity index is 1150. The summed E-state index contributed by atoms with van der Waals surface area (Å²) in [5.74, 6) is 0.974. The van der Waals surface area contributed by atoms with Crippen LogP contribution < -0.4 is 10.9 Å². The van der Waals surface area contributed by atoms with Gasteiger partial charge in [0.25, 0.3) is 5.56 Å². The lowest BCUT2D eigenvalue weighted by Gasteiger charge is -2.19. The van der Waals surface area contributed by atoms with Crippen LogP contribution in [0.3, 0.4) is 0 Å². The lowest BCUT2D eigenvalue weighted by Crippen LogP contribution is -2.27. The minimum Gasteiger partial charge on any atom is -0.363 e. The Morgan fingerprint density at radius 3 is 2.59 bits per heavy atom. The maximum Gasteiger partial charge on any atom is 0.416 e. The van der Waals surface area contributed by atoms with Crippen LogP contribution in [-0.4, -0.2) is 14.5 Å². The average molecular weight is 402 g/mol. The normalized spacial score (nSPS) is 16.6. The number of rotatable bonds is 4. The Morgan fingerprint density at radius 2 is 1.93 bits per heavy atom. The first-order valence-corrected chi connectivity index (χ1v) is 9.42. The third kappa shape index (κ3) is 3.71. The van der Waals surface area contributed by atoms with Gasteiger partial charge in [0.1, 0.15) is 11.6 Å². The monoisotopic (exact) mass is 402 g/mol. The van der Waals surface area contributed by atoms with Crippen molar-refractivity contribution in [3.63, 3.8) is 0 Å². The number of anilines is 1. The average Bonchev–Trinajstić information content (AvgIpc) is 3.38. The van der Waals surface area contributed by atoms with Crippen molar-refractivity contribution in [2.75, 3.05) is 5.32 Å². The minimum atomic E-state index is -4.40. The summed E-state index contributed by atoms with van der Waals surface area (Å²) in [4.78, 5) is 21.3. The van der Waals surface area contributed by atoms with Crippen molar-refractivity contribution < 1.29 is 13.2 Å². The number of fused-ring (bicyclic) bond motifs is 1. The Balaban J connectivity index is 1.75. The second-order valence-corrected chi connectivity index (χ2v) is 7.89. The van der Waals surface area contributed by atoms with E-state index in [1.807, 2.05) is 6.92 Å². The van der Waals surface area contributed by atoms with Crippen LogP contribution in [0.4, 0.5) is 19.0 Å². The molecule has 1 aliphatic carbocycles. The van der Waals surface area contributed by atoms with E-state index in [2.05, 4.69) is 15.3 Å². The Morgan fingerprint density at radius 1 is 1.21 bits per heavy atom. The zero-order valence-electron chi connectivity index (χ0n) is 16.3. The van der Waals surface area contributed by atoms with Crippen LogP contribution in [-0.2, 0) is 11.7 Å². The lowest BCUT2D eigenvalue weighted by molar-refractivity contribution is -0.137. The molecular formula is C21H21F3N4O. The summed E-state index contributed by atoms with van der Waals surface area (Å²) >= 11 is 0. The van der Waals surface area contributed by atoms with Crippen LogP contribution in [0.25, 0.3) is 10.9 Å². The molecule has 5 nitrogen and oxygen atoms in total. The first-order chi connectivity index (χ1) is 13.6. The first-order valence-electron chi connectivity index (χ1n) is 9.42. The van der Waals surface area contributed by atoms with Gasteiger partial charge in [-0.1, -0.05) is 12.1 Å². The first kappa shape index (κ1) is 19.4. The fourth-order valence-corrected chi connectivity index (χ4v) is 3.45. The Labute approximate surface area is 165 Å². The van der Waals surface area contributed by atoms with Crippen LogP contribution in [0, 0.1) is 6.92 Å². The van der Waals surface area contributed by atoms with Gasteiger partial charge in [0.05, 0.1) is 16.5 Å². The van der Waals surface area contributed by atoms with E-state index in [1.165, 1.54) is 12.1 Å². The fourth-order valence-electron chi connectivity index (χ4n) is 3.45. The molecule has 3 aromatic rings. The molecule has 29 heavy (non-hydrogen) atoms. The number of aryl methyl sites for hydroxylation is 1. The maximum atomic E-state index is 13.0. The SMILES string of the molecule is Cc1nc(N[C@H](C)c2cccc(C(F)(F)F)c2)c2cn(C3(C)CC3)c(=O)cc2n1. The number of hydrogen-bond donors (Lipinski definition) is 1. The highest BCUT2D eigenvalue weighted by Gasteiger charge is 2.40. The number of halogens is 3. The quantitative estimate of drug-likeness (QED) is 0.681. The van der Waals surface area contributed by atoms with Gasteiger partial charge in [0.15, 0.2) is 0 Å². The summed E-state index contributed by atoms with van der Waals surface area (Å²) in [6, 6.07) is 6.29. The predicted molar refractivity (Wildman–Crippen MR) is 105 cm³/mol. The van der Waals surface area contributed by atoms with E-state index in [0.29, 0.717) is 28.1 Å². The molecule has 8 heteroatoms. The van der Waals surface area contributed by atoms with Gasteiger partial charge in [-0.25, -0.2) is 9.97 Å². The number of pyridine rings is 1. The molecule has 1 fully saturated rings. The summed E-state index contributed by atoms with van der Waals surface area (Å²) in [5, 5.41) is 3.87. The van der Waals surface area contributed by atoms with Crippen molar-refractivity contribution >= 4 is 16.7 Å². The van der Waals surface area contributed by atoms with E-state index < -0.39 is 17.8 Å². The summed E-state index contributed by atoms with van der Waals surface area (Å²) in [7, 11) is 0. The van der Waals surface area contributed by atoms with Crippen molar-refractivity contribution in [3.05, 3.63) is 63.8 Å². The van der Waals surface area contributed by atoms with Crippen LogP contribution in [0.5, 0.6) is 0 Å². The molecule has 0 amide bonds. The van der Waals surface area contributed by atoms with E-state index >= 15 is 0 Å². The standard InChI is InChI=1S/C21H21F3N4O/c1-12(14-5-4-6-15(9-14)21(22,23)24)25-19-16-11-28(20(3)7-8-20)18(29)10-17(16)26-13(2)27-19/h4-6,9-12H,7-8H2,1-3H3,(H,25,26,27)/t12-/m1/s1. The van der Waals surface area contributed by atoms with Gasteiger partial charge in [0.2, 0.25) is 0 Å². The molecule has 152 valence electrons. The highest BCUT2D eigenvalue weighted by molar-refractivity contribution is 5.88. The third-order valence-electron chi connectivity index (χ3n) is 5.47. The summed E-state index contributed by atoms with van der Waals surface area (Å²) < 4.78 is 40.8. The molecule has 4 rings (SSSR count). The number of hydrogen-bond acceptors (Lipinski definition) is 4. The van der Waals surface area contributed by atoms with Crippen molar-refractivity contribution in [2.24, 2.45) is 0 Å².